The predicted molar refractivity (Wildman–Crippen MR) is 104 cm³/mol. The normalized spacial score (nSPS) is 16.6. The van der Waals surface area contributed by atoms with E-state index in [2.05, 4.69) is 22.4 Å². The van der Waals surface area contributed by atoms with Crippen molar-refractivity contribution in [2.45, 2.75) is 39.7 Å². The smallest absolute Gasteiger partial charge is 0.229 e. The molecule has 27 heavy (non-hydrogen) atoms. The predicted octanol–water partition coefficient (Wildman–Crippen LogP) is 2.56. The molecular weight excluding hydrogens is 364 g/mol. The van der Waals surface area contributed by atoms with Crippen LogP contribution in [0.2, 0.25) is 0 Å². The summed E-state index contributed by atoms with van der Waals surface area (Å²) in [5.74, 6) is 0.192. The number of carbonyl (C=O) groups excluding carboxylic acids is 2. The van der Waals surface area contributed by atoms with Gasteiger partial charge in [-0.15, -0.1) is 10.2 Å². The van der Waals surface area contributed by atoms with Crippen LogP contribution in [0.1, 0.15) is 37.3 Å². The van der Waals surface area contributed by atoms with Gasteiger partial charge in [0.1, 0.15) is 10.8 Å². The average molecular weight is 388 g/mol. The minimum atomic E-state index is -0.379. The SMILES string of the molecule is CCCOc1ccccc1CNC(=O)C1CC(=O)N(c2nnc(CC)s2)C1. The molecule has 1 saturated heterocycles. The lowest BCUT2D eigenvalue weighted by Crippen LogP contribution is -2.32. The van der Waals surface area contributed by atoms with E-state index in [-0.39, 0.29) is 24.2 Å². The van der Waals surface area contributed by atoms with E-state index in [9.17, 15) is 9.59 Å². The Morgan fingerprint density at radius 3 is 2.89 bits per heavy atom. The number of aromatic nitrogens is 2. The highest BCUT2D eigenvalue weighted by Crippen LogP contribution is 2.28. The molecular formula is C19H24N4O3S. The molecule has 1 aliphatic rings. The van der Waals surface area contributed by atoms with Crippen molar-refractivity contribution in [2.24, 2.45) is 5.92 Å². The summed E-state index contributed by atoms with van der Waals surface area (Å²) in [6, 6.07) is 7.67. The summed E-state index contributed by atoms with van der Waals surface area (Å²) in [6.07, 6.45) is 1.90. The summed E-state index contributed by atoms with van der Waals surface area (Å²) < 4.78 is 5.72. The Morgan fingerprint density at radius 2 is 2.15 bits per heavy atom. The molecule has 0 bridgehead atoms. The molecule has 0 saturated carbocycles. The number of benzene rings is 1. The lowest BCUT2D eigenvalue weighted by Gasteiger charge is -2.14. The largest absolute Gasteiger partial charge is 0.493 e. The fourth-order valence-corrected chi connectivity index (χ4v) is 3.70. The summed E-state index contributed by atoms with van der Waals surface area (Å²) in [5.41, 5.74) is 0.928. The minimum absolute atomic E-state index is 0.0827. The highest BCUT2D eigenvalue weighted by Gasteiger charge is 2.36. The van der Waals surface area contributed by atoms with E-state index in [0.717, 1.165) is 29.2 Å². The summed E-state index contributed by atoms with van der Waals surface area (Å²) in [7, 11) is 0. The molecule has 1 aliphatic heterocycles. The van der Waals surface area contributed by atoms with Crippen LogP contribution in [0.15, 0.2) is 24.3 Å². The van der Waals surface area contributed by atoms with E-state index in [1.165, 1.54) is 11.3 Å². The molecule has 0 aliphatic carbocycles. The molecule has 0 radical (unpaired) electrons. The second-order valence-corrected chi connectivity index (χ2v) is 7.45. The third-order valence-corrected chi connectivity index (χ3v) is 5.46. The van der Waals surface area contributed by atoms with E-state index < -0.39 is 0 Å². The van der Waals surface area contributed by atoms with Crippen molar-refractivity contribution in [3.05, 3.63) is 34.8 Å². The Balaban J connectivity index is 1.58. The van der Waals surface area contributed by atoms with Crippen molar-refractivity contribution in [1.29, 1.82) is 0 Å². The Labute approximate surface area is 162 Å². The van der Waals surface area contributed by atoms with Crippen molar-refractivity contribution in [2.75, 3.05) is 18.1 Å². The van der Waals surface area contributed by atoms with Crippen LogP contribution in [0.3, 0.4) is 0 Å². The first kappa shape index (κ1) is 19.3. The first-order valence-corrected chi connectivity index (χ1v) is 10.0. The van der Waals surface area contributed by atoms with Crippen molar-refractivity contribution in [3.8, 4) is 5.75 Å². The zero-order valence-electron chi connectivity index (χ0n) is 15.6. The Hall–Kier alpha value is -2.48. The van der Waals surface area contributed by atoms with Crippen LogP contribution in [-0.2, 0) is 22.6 Å². The van der Waals surface area contributed by atoms with Gasteiger partial charge >= 0.3 is 0 Å². The Bertz CT molecular complexity index is 808. The van der Waals surface area contributed by atoms with Gasteiger partial charge in [0.2, 0.25) is 16.9 Å². The number of hydrogen-bond acceptors (Lipinski definition) is 6. The standard InChI is InChI=1S/C19H24N4O3S/c1-3-9-26-15-8-6-5-7-13(15)11-20-18(25)14-10-17(24)23(12-14)19-22-21-16(4-2)27-19/h5-8,14H,3-4,9-12H2,1-2H3,(H,20,25). The maximum Gasteiger partial charge on any atom is 0.229 e. The number of ether oxygens (including phenoxy) is 1. The molecule has 2 heterocycles. The van der Waals surface area contributed by atoms with Crippen LogP contribution in [0, 0.1) is 5.92 Å². The maximum absolute atomic E-state index is 12.6. The summed E-state index contributed by atoms with van der Waals surface area (Å²) >= 11 is 1.40. The molecule has 1 atom stereocenters. The molecule has 1 unspecified atom stereocenters. The molecule has 0 spiro atoms. The molecule has 1 aromatic carbocycles. The number of rotatable bonds is 8. The number of anilines is 1. The van der Waals surface area contributed by atoms with Crippen molar-refractivity contribution < 1.29 is 14.3 Å². The van der Waals surface area contributed by atoms with Gasteiger partial charge in [0.25, 0.3) is 0 Å². The Kier molecular flexibility index (Phi) is 6.39. The monoisotopic (exact) mass is 388 g/mol. The molecule has 7 nitrogen and oxygen atoms in total. The fourth-order valence-electron chi connectivity index (χ4n) is 2.89. The second-order valence-electron chi connectivity index (χ2n) is 6.41. The average Bonchev–Trinajstić information content (AvgIpc) is 3.31. The van der Waals surface area contributed by atoms with Gasteiger partial charge in [0.15, 0.2) is 0 Å². The van der Waals surface area contributed by atoms with E-state index in [1.807, 2.05) is 31.2 Å². The number of aryl methyl sites for hydroxylation is 1. The number of carbonyl (C=O) groups is 2. The van der Waals surface area contributed by atoms with Gasteiger partial charge in [-0.3, -0.25) is 14.5 Å². The topological polar surface area (TPSA) is 84.4 Å². The number of hydrogen-bond donors (Lipinski definition) is 1. The van der Waals surface area contributed by atoms with E-state index in [0.29, 0.717) is 24.8 Å². The number of amides is 2. The molecule has 2 aromatic rings. The van der Waals surface area contributed by atoms with Crippen LogP contribution in [0.5, 0.6) is 5.75 Å². The zero-order chi connectivity index (χ0) is 19.2. The number of para-hydroxylation sites is 1. The highest BCUT2D eigenvalue weighted by molar-refractivity contribution is 7.15. The number of nitrogens with one attached hydrogen (secondary N) is 1. The van der Waals surface area contributed by atoms with Crippen molar-refractivity contribution >= 4 is 28.3 Å². The summed E-state index contributed by atoms with van der Waals surface area (Å²) in [5, 5.41) is 12.5. The molecule has 8 heteroatoms. The second kappa shape index (κ2) is 8.94. The van der Waals surface area contributed by atoms with Crippen molar-refractivity contribution in [1.82, 2.24) is 15.5 Å². The van der Waals surface area contributed by atoms with Crippen LogP contribution in [0.25, 0.3) is 0 Å². The van der Waals surface area contributed by atoms with E-state index >= 15 is 0 Å². The van der Waals surface area contributed by atoms with Crippen LogP contribution in [0.4, 0.5) is 5.13 Å². The molecule has 2 amide bonds. The Morgan fingerprint density at radius 1 is 1.33 bits per heavy atom. The molecule has 1 N–H and O–H groups in total. The van der Waals surface area contributed by atoms with Gasteiger partial charge in [-0.05, 0) is 18.9 Å². The summed E-state index contributed by atoms with van der Waals surface area (Å²) in [6.45, 7) is 5.40. The first-order chi connectivity index (χ1) is 13.1. The molecule has 1 fully saturated rings. The third-order valence-electron chi connectivity index (χ3n) is 4.37. The van der Waals surface area contributed by atoms with Gasteiger partial charge in [0.05, 0.1) is 12.5 Å². The zero-order valence-corrected chi connectivity index (χ0v) is 16.4. The van der Waals surface area contributed by atoms with Crippen LogP contribution < -0.4 is 15.0 Å². The number of nitrogens with zero attached hydrogens (tertiary/aromatic N) is 3. The van der Waals surface area contributed by atoms with Gasteiger partial charge in [-0.1, -0.05) is 43.4 Å². The maximum atomic E-state index is 12.6. The van der Waals surface area contributed by atoms with E-state index in [4.69, 9.17) is 4.74 Å². The molecule has 3 rings (SSSR count). The van der Waals surface area contributed by atoms with Crippen LogP contribution in [-0.4, -0.2) is 35.2 Å². The highest BCUT2D eigenvalue weighted by atomic mass is 32.1. The van der Waals surface area contributed by atoms with Gasteiger partial charge < -0.3 is 10.1 Å². The van der Waals surface area contributed by atoms with Crippen molar-refractivity contribution in [3.63, 3.8) is 0 Å². The first-order valence-electron chi connectivity index (χ1n) is 9.23. The lowest BCUT2D eigenvalue weighted by atomic mass is 10.1. The lowest BCUT2D eigenvalue weighted by molar-refractivity contribution is -0.126. The fraction of sp³-hybridized carbons (Fsp3) is 0.474. The third kappa shape index (κ3) is 4.63. The van der Waals surface area contributed by atoms with Crippen LogP contribution >= 0.6 is 11.3 Å². The minimum Gasteiger partial charge on any atom is -0.493 e. The molecule has 1 aromatic heterocycles. The van der Waals surface area contributed by atoms with E-state index in [1.54, 1.807) is 4.90 Å². The quantitative estimate of drug-likeness (QED) is 0.751. The molecule has 144 valence electrons. The van der Waals surface area contributed by atoms with Gasteiger partial charge in [-0.25, -0.2) is 0 Å². The summed E-state index contributed by atoms with van der Waals surface area (Å²) in [4.78, 5) is 26.4. The van der Waals surface area contributed by atoms with Gasteiger partial charge in [-0.2, -0.15) is 0 Å². The van der Waals surface area contributed by atoms with Gasteiger partial charge in [0, 0.05) is 25.1 Å².